The molecule has 0 radical (unpaired) electrons. The summed E-state index contributed by atoms with van der Waals surface area (Å²) in [6.07, 6.45) is 0.262. The van der Waals surface area contributed by atoms with Crippen LogP contribution in [0.3, 0.4) is 0 Å². The van der Waals surface area contributed by atoms with Gasteiger partial charge in [-0.15, -0.1) is 0 Å². The van der Waals surface area contributed by atoms with Crippen LogP contribution in [0.4, 0.5) is 5.69 Å². The van der Waals surface area contributed by atoms with Crippen LogP contribution in [-0.2, 0) is 42.3 Å². The first-order valence-corrected chi connectivity index (χ1v) is 13.4. The lowest BCUT2D eigenvalue weighted by molar-refractivity contribution is -0.153. The predicted molar refractivity (Wildman–Crippen MR) is 135 cm³/mol. The number of rotatable bonds is 7. The van der Waals surface area contributed by atoms with Crippen LogP contribution in [0.15, 0.2) is 47.4 Å². The summed E-state index contributed by atoms with van der Waals surface area (Å²) >= 11 is -0.750. The monoisotopic (exact) mass is 537 g/mol. The highest BCUT2D eigenvalue weighted by molar-refractivity contribution is 7.92. The lowest BCUT2D eigenvalue weighted by Gasteiger charge is -2.36. The number of Topliss-reactive ketones (excluding diaryl/α,β-unsaturated/α-hetero) is 1. The molecule has 0 aliphatic carbocycles. The molecular formula is C25H31NO8S2. The topological polar surface area (TPSA) is 124 Å². The zero-order chi connectivity index (χ0) is 27.1. The molecule has 36 heavy (non-hydrogen) atoms. The molecule has 0 N–H and O–H groups in total. The number of hydrogen-bond acceptors (Lipinski definition) is 8. The molecule has 3 rings (SSSR count). The Kier molecular flexibility index (Phi) is 9.94. The summed E-state index contributed by atoms with van der Waals surface area (Å²) in [7, 11) is -3.89. The Labute approximate surface area is 215 Å². The zero-order valence-corrected chi connectivity index (χ0v) is 22.6. The Morgan fingerprint density at radius 3 is 2.39 bits per heavy atom. The molecule has 0 amide bonds. The molecule has 0 bridgehead atoms. The van der Waals surface area contributed by atoms with Gasteiger partial charge in [-0.3, -0.25) is 9.10 Å². The van der Waals surface area contributed by atoms with E-state index in [2.05, 4.69) is 0 Å². The van der Waals surface area contributed by atoms with Gasteiger partial charge in [-0.25, -0.2) is 8.42 Å². The van der Waals surface area contributed by atoms with Crippen molar-refractivity contribution in [1.29, 1.82) is 0 Å². The van der Waals surface area contributed by atoms with E-state index in [1.165, 1.54) is 11.2 Å². The van der Waals surface area contributed by atoms with Crippen LogP contribution in [0.1, 0.15) is 51.7 Å². The number of anilines is 1. The van der Waals surface area contributed by atoms with Crippen LogP contribution in [0.5, 0.6) is 5.75 Å². The molecule has 1 aliphatic rings. The minimum Gasteiger partial charge on any atom is -0.486 e. The summed E-state index contributed by atoms with van der Waals surface area (Å²) in [6.45, 7) is 8.79. The van der Waals surface area contributed by atoms with Crippen molar-refractivity contribution in [1.82, 2.24) is 0 Å². The molecule has 2 aromatic rings. The highest BCUT2D eigenvalue weighted by Gasteiger charge is 2.35. The van der Waals surface area contributed by atoms with E-state index in [0.29, 0.717) is 29.8 Å². The van der Waals surface area contributed by atoms with Crippen molar-refractivity contribution in [2.45, 2.75) is 70.5 Å². The third-order valence-electron chi connectivity index (χ3n) is 5.12. The van der Waals surface area contributed by atoms with E-state index >= 15 is 0 Å². The zero-order valence-electron chi connectivity index (χ0n) is 21.0. The van der Waals surface area contributed by atoms with Crippen LogP contribution in [-0.4, -0.2) is 46.8 Å². The molecule has 0 unspecified atom stereocenters. The van der Waals surface area contributed by atoms with E-state index in [-0.39, 0.29) is 23.6 Å². The van der Waals surface area contributed by atoms with Crippen LogP contribution in [0.25, 0.3) is 0 Å². The highest BCUT2D eigenvalue weighted by atomic mass is 32.2. The number of ether oxygens (including phenoxy) is 2. The number of benzene rings is 2. The van der Waals surface area contributed by atoms with Gasteiger partial charge in [0.2, 0.25) is 0 Å². The van der Waals surface area contributed by atoms with Gasteiger partial charge in [-0.1, -0.05) is 18.2 Å². The van der Waals surface area contributed by atoms with Gasteiger partial charge < -0.3 is 14.3 Å². The number of carbonyl (C=O) groups is 2. The molecule has 9 nitrogen and oxygen atoms in total. The fourth-order valence-corrected chi connectivity index (χ4v) is 5.26. The molecule has 0 fully saturated rings. The first-order chi connectivity index (χ1) is 16.8. The van der Waals surface area contributed by atoms with Crippen molar-refractivity contribution in [2.75, 3.05) is 10.8 Å². The second-order valence-electron chi connectivity index (χ2n) is 9.47. The highest BCUT2D eigenvalue weighted by Crippen LogP contribution is 2.39. The van der Waals surface area contributed by atoms with E-state index in [1.54, 1.807) is 57.2 Å². The third kappa shape index (κ3) is 8.27. The van der Waals surface area contributed by atoms with Crippen molar-refractivity contribution < 1.29 is 35.9 Å². The lowest BCUT2D eigenvalue weighted by Crippen LogP contribution is -2.43. The molecule has 2 aromatic carbocycles. The average Bonchev–Trinajstić information content (AvgIpc) is 2.76. The summed E-state index contributed by atoms with van der Waals surface area (Å²) in [5.74, 6) is 0.0239. The molecule has 196 valence electrons. The van der Waals surface area contributed by atoms with E-state index in [4.69, 9.17) is 17.9 Å². The predicted octanol–water partition coefficient (Wildman–Crippen LogP) is 3.53. The summed E-state index contributed by atoms with van der Waals surface area (Å²) in [6, 6.07) is 11.8. The van der Waals surface area contributed by atoms with E-state index in [0.717, 1.165) is 5.56 Å². The van der Waals surface area contributed by atoms with E-state index in [1.807, 2.05) is 13.0 Å². The number of ketones is 1. The van der Waals surface area contributed by atoms with Crippen molar-refractivity contribution in [3.63, 3.8) is 0 Å². The number of carbonyl (C=O) groups excluding carboxylic acids is 2. The van der Waals surface area contributed by atoms with Gasteiger partial charge in [0.25, 0.3) is 10.0 Å². The van der Waals surface area contributed by atoms with Crippen molar-refractivity contribution in [2.24, 2.45) is 0 Å². The van der Waals surface area contributed by atoms with Crippen molar-refractivity contribution in [3.8, 4) is 5.75 Å². The van der Waals surface area contributed by atoms with Crippen molar-refractivity contribution in [3.05, 3.63) is 53.6 Å². The Balaban J connectivity index is 0.00000145. The lowest BCUT2D eigenvalue weighted by atomic mass is 10.1. The van der Waals surface area contributed by atoms with Crippen LogP contribution >= 0.6 is 0 Å². The SMILES string of the molecule is CC(=O)CC[C@H]1CN(S(=O)(=O)c2cccc(C)c2)c2cc(CC(=O)OC(C)(C)C)ccc2O1.O=S=O. The molecule has 0 aromatic heterocycles. The Morgan fingerprint density at radius 2 is 1.81 bits per heavy atom. The summed E-state index contributed by atoms with van der Waals surface area (Å²) in [5.41, 5.74) is 1.21. The molecule has 1 heterocycles. The van der Waals surface area contributed by atoms with Crippen LogP contribution < -0.4 is 9.04 Å². The van der Waals surface area contributed by atoms with Crippen molar-refractivity contribution >= 4 is 39.0 Å². The Hall–Kier alpha value is -3.05. The molecule has 0 saturated carbocycles. The molecule has 0 saturated heterocycles. The molecule has 1 atom stereocenters. The molecule has 1 aliphatic heterocycles. The second kappa shape index (κ2) is 12.3. The van der Waals surface area contributed by atoms with Gasteiger partial charge in [0.05, 0.1) is 23.5 Å². The number of nitrogens with zero attached hydrogens (tertiary/aromatic N) is 1. The normalized spacial score (nSPS) is 15.0. The second-order valence-corrected chi connectivity index (χ2v) is 11.5. The van der Waals surface area contributed by atoms with Gasteiger partial charge >= 0.3 is 17.5 Å². The van der Waals surface area contributed by atoms with Gasteiger partial charge in [0.15, 0.2) is 0 Å². The van der Waals surface area contributed by atoms with E-state index < -0.39 is 39.3 Å². The standard InChI is InChI=1S/C25H31NO6S.O2S/c1-17-7-6-8-21(13-17)33(29,30)26-16-20(11-9-18(2)27)31-23-12-10-19(14-22(23)26)15-24(28)32-25(3,4)5;1-3-2/h6-8,10,12-14,20H,9,11,15-16H2,1-5H3;/t20-;/m0./s1. The fraction of sp³-hybridized carbons (Fsp3) is 0.440. The van der Waals surface area contributed by atoms with E-state index in [9.17, 15) is 18.0 Å². The number of sulfonamides is 1. The Bertz CT molecular complexity index is 1240. The quantitative estimate of drug-likeness (QED) is 0.491. The van der Waals surface area contributed by atoms with Gasteiger partial charge in [-0.2, -0.15) is 8.42 Å². The first kappa shape index (κ1) is 29.2. The summed E-state index contributed by atoms with van der Waals surface area (Å²) in [4.78, 5) is 24.0. The smallest absolute Gasteiger partial charge is 0.335 e. The van der Waals surface area contributed by atoms with Crippen LogP contribution in [0.2, 0.25) is 0 Å². The van der Waals surface area contributed by atoms with Gasteiger partial charge in [0, 0.05) is 6.42 Å². The maximum atomic E-state index is 13.6. The molecular weight excluding hydrogens is 506 g/mol. The minimum atomic E-state index is -3.89. The number of hydrogen-bond donors (Lipinski definition) is 0. The molecule has 11 heteroatoms. The number of aryl methyl sites for hydroxylation is 1. The average molecular weight is 538 g/mol. The van der Waals surface area contributed by atoms with Gasteiger partial charge in [0.1, 0.15) is 23.2 Å². The maximum absolute atomic E-state index is 13.6. The summed E-state index contributed by atoms with van der Waals surface area (Å²) in [5, 5.41) is 0. The maximum Gasteiger partial charge on any atom is 0.335 e. The van der Waals surface area contributed by atoms with Gasteiger partial charge in [-0.05, 0) is 76.4 Å². The number of fused-ring (bicyclic) bond motifs is 1. The Morgan fingerprint density at radius 1 is 1.14 bits per heavy atom. The summed E-state index contributed by atoms with van der Waals surface area (Å²) < 4.78 is 56.6. The molecule has 0 spiro atoms. The third-order valence-corrected chi connectivity index (χ3v) is 6.90. The fourth-order valence-electron chi connectivity index (χ4n) is 3.66. The minimum absolute atomic E-state index is 0.0106. The largest absolute Gasteiger partial charge is 0.486 e. The first-order valence-electron chi connectivity index (χ1n) is 11.3. The van der Waals surface area contributed by atoms with Crippen LogP contribution in [0, 0.1) is 6.92 Å². The number of esters is 1.